The van der Waals surface area contributed by atoms with Crippen LogP contribution >= 0.6 is 24.8 Å². The average molecular weight is 472 g/mol. The lowest BCUT2D eigenvalue weighted by atomic mass is 10.1. The van der Waals surface area contributed by atoms with Crippen LogP contribution in [0.1, 0.15) is 37.3 Å². The molecule has 1 unspecified atom stereocenters. The number of aromatic nitrogens is 2. The lowest BCUT2D eigenvalue weighted by molar-refractivity contribution is -0.144. The highest BCUT2D eigenvalue weighted by molar-refractivity contribution is 5.85. The molecule has 1 amide bonds. The number of amides is 1. The van der Waals surface area contributed by atoms with E-state index in [1.165, 1.54) is 5.56 Å². The first kappa shape index (κ1) is 25.5. The zero-order valence-electron chi connectivity index (χ0n) is 17.9. The van der Waals surface area contributed by atoms with Crippen molar-refractivity contribution >= 4 is 30.7 Å². The maximum absolute atomic E-state index is 12.7. The van der Waals surface area contributed by atoms with E-state index in [1.54, 1.807) is 0 Å². The molecule has 1 aromatic carbocycles. The van der Waals surface area contributed by atoms with Crippen LogP contribution < -0.4 is 5.73 Å². The van der Waals surface area contributed by atoms with Gasteiger partial charge in [0.05, 0.1) is 12.1 Å². The van der Waals surface area contributed by atoms with Crippen LogP contribution in [0, 0.1) is 6.92 Å². The Morgan fingerprint density at radius 3 is 2.45 bits per heavy atom. The topological polar surface area (TPSA) is 97.7 Å². The van der Waals surface area contributed by atoms with E-state index in [0.717, 1.165) is 31.5 Å². The van der Waals surface area contributed by atoms with E-state index in [2.05, 4.69) is 22.0 Å². The number of carbonyl (C=O) groups excluding carboxylic acids is 1. The summed E-state index contributed by atoms with van der Waals surface area (Å²) in [7, 11) is 0. The second-order valence-electron chi connectivity index (χ2n) is 7.92. The van der Waals surface area contributed by atoms with Crippen molar-refractivity contribution in [3.8, 4) is 11.4 Å². The fourth-order valence-corrected chi connectivity index (χ4v) is 3.97. The third kappa shape index (κ3) is 5.75. The smallest absolute Gasteiger partial charge is 0.251 e. The molecule has 8 nitrogen and oxygen atoms in total. The van der Waals surface area contributed by atoms with Crippen LogP contribution in [0.15, 0.2) is 28.8 Å². The number of benzene rings is 1. The Bertz CT molecular complexity index is 840. The quantitative estimate of drug-likeness (QED) is 0.715. The highest BCUT2D eigenvalue weighted by atomic mass is 35.5. The van der Waals surface area contributed by atoms with Crippen LogP contribution in [0.5, 0.6) is 0 Å². The largest absolute Gasteiger partial charge is 0.364 e. The lowest BCUT2D eigenvalue weighted by Gasteiger charge is -2.37. The molecule has 10 heteroatoms. The molecule has 2 N–H and O–H groups in total. The highest BCUT2D eigenvalue weighted by Crippen LogP contribution is 2.25. The minimum atomic E-state index is -0.333. The van der Waals surface area contributed by atoms with Crippen molar-refractivity contribution in [3.63, 3.8) is 0 Å². The molecule has 2 fully saturated rings. The summed E-state index contributed by atoms with van der Waals surface area (Å²) in [5.41, 5.74) is 7.79. The number of halogens is 2. The van der Waals surface area contributed by atoms with Gasteiger partial charge < -0.3 is 19.9 Å². The van der Waals surface area contributed by atoms with Crippen LogP contribution in [0.3, 0.4) is 0 Å². The number of piperazine rings is 1. The summed E-state index contributed by atoms with van der Waals surface area (Å²) in [4.78, 5) is 21.5. The summed E-state index contributed by atoms with van der Waals surface area (Å²) >= 11 is 0. The van der Waals surface area contributed by atoms with Gasteiger partial charge in [-0.05, 0) is 26.7 Å². The number of ether oxygens (including phenoxy) is 1. The van der Waals surface area contributed by atoms with E-state index < -0.39 is 0 Å². The molecule has 4 rings (SSSR count). The fourth-order valence-electron chi connectivity index (χ4n) is 3.97. The fraction of sp³-hybridized carbons (Fsp3) is 0.571. The van der Waals surface area contributed by atoms with E-state index in [0.29, 0.717) is 31.3 Å². The molecule has 2 aliphatic rings. The zero-order valence-corrected chi connectivity index (χ0v) is 19.5. The van der Waals surface area contributed by atoms with Crippen LogP contribution in [-0.4, -0.2) is 70.8 Å². The summed E-state index contributed by atoms with van der Waals surface area (Å²) in [6.07, 6.45) is 1.32. The van der Waals surface area contributed by atoms with E-state index in [9.17, 15) is 4.79 Å². The molecule has 172 valence electrons. The SMILES string of the molecule is Cc1ccc(-c2noc(C(C)N3CCN(C(=O)[C@@H]4CC[C@H](CN)O4)CC3)n2)cc1.Cl.Cl. The first-order valence-corrected chi connectivity index (χ1v) is 10.3. The van der Waals surface area contributed by atoms with Crippen LogP contribution in [0.4, 0.5) is 0 Å². The van der Waals surface area contributed by atoms with E-state index in [4.69, 9.17) is 15.0 Å². The summed E-state index contributed by atoms with van der Waals surface area (Å²) in [6, 6.07) is 8.07. The Kier molecular flexibility index (Phi) is 9.27. The second-order valence-corrected chi connectivity index (χ2v) is 7.92. The van der Waals surface area contributed by atoms with Gasteiger partial charge >= 0.3 is 0 Å². The summed E-state index contributed by atoms with van der Waals surface area (Å²) < 4.78 is 11.3. The standard InChI is InChI=1S/C21H29N5O3.2ClH/c1-14-3-5-16(6-4-14)19-23-20(29-24-19)15(2)25-9-11-26(12-10-25)21(27)18-8-7-17(13-22)28-18;;/h3-6,15,17-18H,7-13,22H2,1-2H3;2*1H/t15?,17-,18+;;/m1../s1. The third-order valence-corrected chi connectivity index (χ3v) is 5.93. The zero-order chi connectivity index (χ0) is 20.4. The Morgan fingerprint density at radius 1 is 1.16 bits per heavy atom. The van der Waals surface area contributed by atoms with E-state index in [-0.39, 0.29) is 49.0 Å². The minimum absolute atomic E-state index is 0. The Labute approximate surface area is 195 Å². The monoisotopic (exact) mass is 471 g/mol. The molecule has 2 aromatic rings. The number of hydrogen-bond acceptors (Lipinski definition) is 7. The molecule has 3 atom stereocenters. The van der Waals surface area contributed by atoms with Gasteiger partial charge in [-0.2, -0.15) is 4.98 Å². The predicted octanol–water partition coefficient (Wildman–Crippen LogP) is 2.60. The van der Waals surface area contributed by atoms with Crippen molar-refractivity contribution in [2.45, 2.75) is 44.9 Å². The van der Waals surface area contributed by atoms with Gasteiger partial charge in [0.1, 0.15) is 6.10 Å². The van der Waals surface area contributed by atoms with Crippen molar-refractivity contribution < 1.29 is 14.1 Å². The predicted molar refractivity (Wildman–Crippen MR) is 122 cm³/mol. The van der Waals surface area contributed by atoms with Gasteiger partial charge in [-0.3, -0.25) is 9.69 Å². The van der Waals surface area contributed by atoms with E-state index in [1.807, 2.05) is 36.1 Å². The molecule has 0 radical (unpaired) electrons. The molecule has 2 saturated heterocycles. The third-order valence-electron chi connectivity index (χ3n) is 5.93. The van der Waals surface area contributed by atoms with Crippen molar-refractivity contribution in [1.82, 2.24) is 19.9 Å². The molecule has 2 aliphatic heterocycles. The van der Waals surface area contributed by atoms with Gasteiger partial charge in [0, 0.05) is 38.3 Å². The molecular formula is C21H31Cl2N5O3. The number of hydrogen-bond donors (Lipinski definition) is 1. The van der Waals surface area contributed by atoms with Crippen molar-refractivity contribution in [2.24, 2.45) is 5.73 Å². The molecule has 0 saturated carbocycles. The summed E-state index contributed by atoms with van der Waals surface area (Å²) in [5.74, 6) is 1.30. The van der Waals surface area contributed by atoms with E-state index >= 15 is 0 Å². The normalized spacial score (nSPS) is 22.5. The number of nitrogens with two attached hydrogens (primary N) is 1. The Hall–Kier alpha value is -1.71. The van der Waals surface area contributed by atoms with Crippen molar-refractivity contribution in [1.29, 1.82) is 0 Å². The number of aryl methyl sites for hydroxylation is 1. The molecule has 3 heterocycles. The van der Waals surface area contributed by atoms with Gasteiger partial charge in [-0.25, -0.2) is 0 Å². The maximum atomic E-state index is 12.7. The number of rotatable bonds is 5. The van der Waals surface area contributed by atoms with Gasteiger partial charge in [0.25, 0.3) is 5.91 Å². The van der Waals surface area contributed by atoms with Crippen molar-refractivity contribution in [3.05, 3.63) is 35.7 Å². The Morgan fingerprint density at radius 2 is 1.84 bits per heavy atom. The second kappa shape index (κ2) is 11.2. The average Bonchev–Trinajstić information content (AvgIpc) is 3.43. The molecule has 31 heavy (non-hydrogen) atoms. The van der Waals surface area contributed by atoms with Gasteiger partial charge in [-0.1, -0.05) is 35.0 Å². The number of carbonyl (C=O) groups is 1. The van der Waals surface area contributed by atoms with Gasteiger partial charge in [0.2, 0.25) is 11.7 Å². The first-order chi connectivity index (χ1) is 14.0. The molecule has 1 aromatic heterocycles. The summed E-state index contributed by atoms with van der Waals surface area (Å²) in [6.45, 7) is 7.47. The molecule has 0 bridgehead atoms. The molecular weight excluding hydrogens is 441 g/mol. The van der Waals surface area contributed by atoms with Gasteiger partial charge in [-0.15, -0.1) is 24.8 Å². The Balaban J connectivity index is 0.00000171. The first-order valence-electron chi connectivity index (χ1n) is 10.3. The van der Waals surface area contributed by atoms with Crippen LogP contribution in [0.25, 0.3) is 11.4 Å². The van der Waals surface area contributed by atoms with Crippen LogP contribution in [0.2, 0.25) is 0 Å². The molecule has 0 aliphatic carbocycles. The van der Waals surface area contributed by atoms with Crippen molar-refractivity contribution in [2.75, 3.05) is 32.7 Å². The lowest BCUT2D eigenvalue weighted by Crippen LogP contribution is -2.52. The molecule has 0 spiro atoms. The maximum Gasteiger partial charge on any atom is 0.251 e. The highest BCUT2D eigenvalue weighted by Gasteiger charge is 2.35. The van der Waals surface area contributed by atoms with Gasteiger partial charge in [0.15, 0.2) is 0 Å². The minimum Gasteiger partial charge on any atom is -0.364 e. The number of nitrogens with zero attached hydrogens (tertiary/aromatic N) is 4. The van der Waals surface area contributed by atoms with Crippen LogP contribution in [-0.2, 0) is 9.53 Å². The summed E-state index contributed by atoms with van der Waals surface area (Å²) in [5, 5.41) is 4.14.